The van der Waals surface area contributed by atoms with E-state index in [1.165, 1.54) is 20.9 Å². The number of hydrogen-bond acceptors (Lipinski definition) is 2. The van der Waals surface area contributed by atoms with Crippen molar-refractivity contribution >= 4 is 11.3 Å². The fraction of sp³-hybridized carbons (Fsp3) is 0.444. The Balaban J connectivity index is 2.26. The summed E-state index contributed by atoms with van der Waals surface area (Å²) in [6.07, 6.45) is 1.16. The second kappa shape index (κ2) is 7.05. The normalized spacial score (nSPS) is 12.8. The molecule has 0 aliphatic heterocycles. The number of nitrogens with one attached hydrogen (secondary N) is 1. The minimum absolute atomic E-state index is 0.329. The average molecular weight is 287 g/mol. The highest BCUT2D eigenvalue weighted by Crippen LogP contribution is 2.29. The van der Waals surface area contributed by atoms with Crippen LogP contribution in [0.4, 0.5) is 0 Å². The maximum absolute atomic E-state index is 3.67. The molecule has 1 aromatic heterocycles. The zero-order chi connectivity index (χ0) is 14.5. The van der Waals surface area contributed by atoms with E-state index < -0.39 is 0 Å². The monoisotopic (exact) mass is 287 g/mol. The summed E-state index contributed by atoms with van der Waals surface area (Å²) in [5, 5.41) is 3.67. The van der Waals surface area contributed by atoms with Crippen LogP contribution < -0.4 is 5.32 Å². The predicted molar refractivity (Wildman–Crippen MR) is 89.7 cm³/mol. The summed E-state index contributed by atoms with van der Waals surface area (Å²) in [6, 6.07) is 13.9. The summed E-state index contributed by atoms with van der Waals surface area (Å²) in [7, 11) is 0. The predicted octanol–water partition coefficient (Wildman–Crippen LogP) is 5.27. The van der Waals surface area contributed by atoms with Gasteiger partial charge in [0.05, 0.1) is 6.04 Å². The highest BCUT2D eigenvalue weighted by molar-refractivity contribution is 7.12. The minimum atomic E-state index is 0.329. The molecule has 1 unspecified atom stereocenters. The van der Waals surface area contributed by atoms with Gasteiger partial charge < -0.3 is 5.32 Å². The lowest BCUT2D eigenvalue weighted by molar-refractivity contribution is 0.605. The van der Waals surface area contributed by atoms with Crippen molar-refractivity contribution in [2.45, 2.75) is 46.1 Å². The van der Waals surface area contributed by atoms with Crippen molar-refractivity contribution in [3.8, 4) is 0 Å². The van der Waals surface area contributed by atoms with Gasteiger partial charge in [0, 0.05) is 9.75 Å². The van der Waals surface area contributed by atoms with Crippen molar-refractivity contribution in [1.82, 2.24) is 5.32 Å². The fourth-order valence-corrected chi connectivity index (χ4v) is 3.33. The molecule has 0 amide bonds. The molecule has 0 saturated heterocycles. The van der Waals surface area contributed by atoms with Crippen LogP contribution in [-0.4, -0.2) is 6.54 Å². The van der Waals surface area contributed by atoms with Crippen molar-refractivity contribution in [3.05, 3.63) is 57.3 Å². The zero-order valence-electron chi connectivity index (χ0n) is 12.9. The first kappa shape index (κ1) is 15.3. The van der Waals surface area contributed by atoms with Gasteiger partial charge in [-0.05, 0) is 49.1 Å². The van der Waals surface area contributed by atoms with Gasteiger partial charge in [0.25, 0.3) is 0 Å². The molecule has 108 valence electrons. The van der Waals surface area contributed by atoms with Gasteiger partial charge in [0.15, 0.2) is 0 Å². The van der Waals surface area contributed by atoms with Gasteiger partial charge in [-0.15, -0.1) is 11.3 Å². The number of thiophene rings is 1. The Kier molecular flexibility index (Phi) is 5.38. The third-order valence-electron chi connectivity index (χ3n) is 3.58. The highest BCUT2D eigenvalue weighted by Gasteiger charge is 2.15. The van der Waals surface area contributed by atoms with E-state index in [4.69, 9.17) is 0 Å². The topological polar surface area (TPSA) is 12.0 Å². The lowest BCUT2D eigenvalue weighted by Crippen LogP contribution is -2.22. The standard InChI is InChI=1S/C18H25NS/c1-5-12-19-18(17-11-6-14(4)20-17)16-9-7-15(8-10-16)13(2)3/h6-11,13,18-19H,5,12H2,1-4H3. The van der Waals surface area contributed by atoms with Gasteiger partial charge in [-0.1, -0.05) is 45.0 Å². The Labute approximate surface area is 127 Å². The molecule has 1 aromatic carbocycles. The molecule has 0 fully saturated rings. The largest absolute Gasteiger partial charge is 0.306 e. The molecule has 1 nitrogen and oxygen atoms in total. The van der Waals surface area contributed by atoms with Gasteiger partial charge in [0.1, 0.15) is 0 Å². The average Bonchev–Trinajstić information content (AvgIpc) is 2.86. The van der Waals surface area contributed by atoms with Crippen LogP contribution >= 0.6 is 11.3 Å². The second-order valence-corrected chi connectivity index (χ2v) is 6.98. The lowest BCUT2D eigenvalue weighted by Gasteiger charge is -2.18. The van der Waals surface area contributed by atoms with Crippen molar-refractivity contribution < 1.29 is 0 Å². The van der Waals surface area contributed by atoms with Gasteiger partial charge in [0.2, 0.25) is 0 Å². The van der Waals surface area contributed by atoms with Gasteiger partial charge in [-0.3, -0.25) is 0 Å². The molecule has 1 atom stereocenters. The van der Waals surface area contributed by atoms with Gasteiger partial charge in [-0.2, -0.15) is 0 Å². The van der Waals surface area contributed by atoms with Crippen LogP contribution in [0.5, 0.6) is 0 Å². The van der Waals surface area contributed by atoms with E-state index in [9.17, 15) is 0 Å². The molecule has 2 aromatic rings. The van der Waals surface area contributed by atoms with Gasteiger partial charge >= 0.3 is 0 Å². The molecular weight excluding hydrogens is 262 g/mol. The zero-order valence-corrected chi connectivity index (χ0v) is 13.8. The Morgan fingerprint density at radius 3 is 2.15 bits per heavy atom. The molecule has 0 aliphatic carbocycles. The van der Waals surface area contributed by atoms with Crippen LogP contribution in [-0.2, 0) is 0 Å². The Hall–Kier alpha value is -1.12. The van der Waals surface area contributed by atoms with E-state index in [0.717, 1.165) is 13.0 Å². The van der Waals surface area contributed by atoms with Crippen LogP contribution in [0.3, 0.4) is 0 Å². The van der Waals surface area contributed by atoms with E-state index in [1.54, 1.807) is 0 Å². The molecule has 1 heterocycles. The molecule has 20 heavy (non-hydrogen) atoms. The van der Waals surface area contributed by atoms with Crippen LogP contribution in [0, 0.1) is 6.92 Å². The minimum Gasteiger partial charge on any atom is -0.306 e. The first-order valence-electron chi connectivity index (χ1n) is 7.51. The summed E-state index contributed by atoms with van der Waals surface area (Å²) in [5.41, 5.74) is 2.77. The lowest BCUT2D eigenvalue weighted by atomic mass is 9.98. The Morgan fingerprint density at radius 2 is 1.65 bits per heavy atom. The van der Waals surface area contributed by atoms with Crippen molar-refractivity contribution in [2.24, 2.45) is 0 Å². The van der Waals surface area contributed by atoms with Crippen molar-refractivity contribution in [3.63, 3.8) is 0 Å². The molecule has 0 bridgehead atoms. The smallest absolute Gasteiger partial charge is 0.0671 e. The maximum Gasteiger partial charge on any atom is 0.0671 e. The van der Waals surface area contributed by atoms with E-state index in [1.807, 2.05) is 11.3 Å². The van der Waals surface area contributed by atoms with E-state index in [0.29, 0.717) is 12.0 Å². The van der Waals surface area contributed by atoms with E-state index in [-0.39, 0.29) is 0 Å². The molecule has 0 aliphatic rings. The molecule has 1 N–H and O–H groups in total. The summed E-state index contributed by atoms with van der Waals surface area (Å²) >= 11 is 1.89. The third-order valence-corrected chi connectivity index (χ3v) is 4.65. The first-order valence-corrected chi connectivity index (χ1v) is 8.33. The van der Waals surface area contributed by atoms with Crippen molar-refractivity contribution in [2.75, 3.05) is 6.54 Å². The van der Waals surface area contributed by atoms with E-state index >= 15 is 0 Å². The number of rotatable bonds is 6. The molecule has 0 saturated carbocycles. The van der Waals surface area contributed by atoms with Gasteiger partial charge in [-0.25, -0.2) is 0 Å². The Morgan fingerprint density at radius 1 is 1.00 bits per heavy atom. The summed E-state index contributed by atoms with van der Waals surface area (Å²) in [4.78, 5) is 2.79. The third kappa shape index (κ3) is 3.71. The molecule has 2 heteroatoms. The number of hydrogen-bond donors (Lipinski definition) is 1. The van der Waals surface area contributed by atoms with Crippen LogP contribution in [0.2, 0.25) is 0 Å². The first-order chi connectivity index (χ1) is 9.61. The van der Waals surface area contributed by atoms with Crippen LogP contribution in [0.15, 0.2) is 36.4 Å². The summed E-state index contributed by atoms with van der Waals surface area (Å²) < 4.78 is 0. The van der Waals surface area contributed by atoms with Crippen molar-refractivity contribution in [1.29, 1.82) is 0 Å². The summed E-state index contributed by atoms with van der Waals surface area (Å²) in [6.45, 7) is 9.92. The molecule has 2 rings (SSSR count). The quantitative estimate of drug-likeness (QED) is 0.763. The molecule has 0 radical (unpaired) electrons. The summed E-state index contributed by atoms with van der Waals surface area (Å²) in [5.74, 6) is 0.593. The van der Waals surface area contributed by atoms with Crippen LogP contribution in [0.1, 0.15) is 60.0 Å². The maximum atomic E-state index is 3.67. The van der Waals surface area contributed by atoms with E-state index in [2.05, 4.69) is 69.4 Å². The molecular formula is C18H25NS. The number of benzene rings is 1. The fourth-order valence-electron chi connectivity index (χ4n) is 2.35. The van der Waals surface area contributed by atoms with Crippen LogP contribution in [0.25, 0.3) is 0 Å². The second-order valence-electron chi connectivity index (χ2n) is 5.66. The SMILES string of the molecule is CCCNC(c1ccc(C(C)C)cc1)c1ccc(C)s1. The number of aryl methyl sites for hydroxylation is 1. The highest BCUT2D eigenvalue weighted by atomic mass is 32.1. The molecule has 0 spiro atoms. The Bertz CT molecular complexity index is 525.